The topological polar surface area (TPSA) is 62.5 Å². The van der Waals surface area contributed by atoms with Gasteiger partial charge in [-0.1, -0.05) is 30.7 Å². The van der Waals surface area contributed by atoms with Crippen molar-refractivity contribution in [2.45, 2.75) is 19.9 Å². The number of hydrogen-bond acceptors (Lipinski definition) is 4. The summed E-state index contributed by atoms with van der Waals surface area (Å²) in [5, 5.41) is 17.4. The molecule has 5 nitrogen and oxygen atoms in total. The Morgan fingerprint density at radius 1 is 1.29 bits per heavy atom. The summed E-state index contributed by atoms with van der Waals surface area (Å²) in [5.74, 6) is 1.05. The Morgan fingerprint density at radius 3 is 2.76 bits per heavy atom. The lowest BCUT2D eigenvalue weighted by molar-refractivity contribution is 0.475. The van der Waals surface area contributed by atoms with E-state index < -0.39 is 0 Å². The molecule has 0 saturated heterocycles. The molecule has 3 rings (SSSR count). The monoisotopic (exact) mass is 302 g/mol. The van der Waals surface area contributed by atoms with Gasteiger partial charge in [-0.05, 0) is 24.1 Å². The van der Waals surface area contributed by atoms with Crippen LogP contribution < -0.4 is 5.32 Å². The molecule has 2 N–H and O–H groups in total. The Labute approximate surface area is 127 Å². The third-order valence-corrected chi connectivity index (χ3v) is 3.50. The van der Waals surface area contributed by atoms with E-state index in [1.165, 1.54) is 0 Å². The van der Waals surface area contributed by atoms with Crippen molar-refractivity contribution in [3.63, 3.8) is 0 Å². The van der Waals surface area contributed by atoms with Gasteiger partial charge in [-0.2, -0.15) is 9.61 Å². The van der Waals surface area contributed by atoms with Gasteiger partial charge in [0.15, 0.2) is 5.65 Å². The molecule has 0 amide bonds. The Balaban J connectivity index is 1.89. The van der Waals surface area contributed by atoms with Crippen LogP contribution in [0.5, 0.6) is 5.75 Å². The number of fused-ring (bicyclic) bond motifs is 1. The van der Waals surface area contributed by atoms with Crippen molar-refractivity contribution in [3.05, 3.63) is 52.8 Å². The molecule has 0 bridgehead atoms. The van der Waals surface area contributed by atoms with Crippen LogP contribution in [0.2, 0.25) is 5.15 Å². The molecule has 6 heteroatoms. The summed E-state index contributed by atoms with van der Waals surface area (Å²) in [4.78, 5) is 4.33. The van der Waals surface area contributed by atoms with Crippen molar-refractivity contribution < 1.29 is 5.11 Å². The maximum Gasteiger partial charge on any atom is 0.162 e. The number of phenols is 1. The lowest BCUT2D eigenvalue weighted by Gasteiger charge is -2.09. The Hall–Kier alpha value is -2.27. The molecule has 21 heavy (non-hydrogen) atoms. The van der Waals surface area contributed by atoms with E-state index in [-0.39, 0.29) is 5.75 Å². The van der Waals surface area contributed by atoms with Gasteiger partial charge in [0.1, 0.15) is 16.7 Å². The van der Waals surface area contributed by atoms with Crippen LogP contribution in [-0.4, -0.2) is 19.7 Å². The van der Waals surface area contributed by atoms with E-state index in [9.17, 15) is 5.11 Å². The Bertz CT molecular complexity index is 767. The largest absolute Gasteiger partial charge is 0.508 e. The minimum absolute atomic E-state index is 0.257. The standard InChI is InChI=1S/C15H15ClN4O/c1-2-11-9-18-20-14(7-13(16)19-15(11)20)17-8-10-3-5-12(21)6-4-10/h3-7,9,17,21H,2,8H2,1H3. The van der Waals surface area contributed by atoms with Crippen LogP contribution in [0.1, 0.15) is 18.1 Å². The second kappa shape index (κ2) is 5.61. The second-order valence-corrected chi connectivity index (χ2v) is 5.13. The molecular formula is C15H15ClN4O. The second-order valence-electron chi connectivity index (χ2n) is 4.74. The van der Waals surface area contributed by atoms with Crippen molar-refractivity contribution >= 4 is 23.1 Å². The van der Waals surface area contributed by atoms with Crippen LogP contribution in [0, 0.1) is 0 Å². The number of halogens is 1. The van der Waals surface area contributed by atoms with Crippen molar-refractivity contribution in [1.82, 2.24) is 14.6 Å². The van der Waals surface area contributed by atoms with Crippen LogP contribution in [0.4, 0.5) is 5.82 Å². The first-order valence-electron chi connectivity index (χ1n) is 6.72. The number of benzene rings is 1. The zero-order valence-electron chi connectivity index (χ0n) is 11.5. The maximum absolute atomic E-state index is 9.29. The molecule has 108 valence electrons. The Morgan fingerprint density at radius 2 is 2.05 bits per heavy atom. The molecular weight excluding hydrogens is 288 g/mol. The van der Waals surface area contributed by atoms with Gasteiger partial charge in [-0.15, -0.1) is 0 Å². The third kappa shape index (κ3) is 2.78. The molecule has 0 saturated carbocycles. The summed E-state index contributed by atoms with van der Waals surface area (Å²) in [6.07, 6.45) is 2.67. The number of rotatable bonds is 4. The van der Waals surface area contributed by atoms with Crippen molar-refractivity contribution in [3.8, 4) is 5.75 Å². The number of phenolic OH excluding ortho intramolecular Hbond substituents is 1. The summed E-state index contributed by atoms with van der Waals surface area (Å²) >= 11 is 6.09. The minimum atomic E-state index is 0.257. The molecule has 2 heterocycles. The molecule has 1 aromatic carbocycles. The zero-order valence-corrected chi connectivity index (χ0v) is 12.3. The van der Waals surface area contributed by atoms with Crippen LogP contribution in [0.15, 0.2) is 36.5 Å². The average Bonchev–Trinajstić information content (AvgIpc) is 2.89. The zero-order chi connectivity index (χ0) is 14.8. The highest BCUT2D eigenvalue weighted by Crippen LogP contribution is 2.20. The predicted molar refractivity (Wildman–Crippen MR) is 82.8 cm³/mol. The molecule has 0 radical (unpaired) electrons. The maximum atomic E-state index is 9.29. The summed E-state index contributed by atoms with van der Waals surface area (Å²) < 4.78 is 1.76. The lowest BCUT2D eigenvalue weighted by atomic mass is 10.2. The number of hydrogen-bond donors (Lipinski definition) is 2. The highest BCUT2D eigenvalue weighted by molar-refractivity contribution is 6.29. The quantitative estimate of drug-likeness (QED) is 0.726. The average molecular weight is 303 g/mol. The lowest BCUT2D eigenvalue weighted by Crippen LogP contribution is -2.06. The van der Waals surface area contributed by atoms with E-state index in [1.54, 1.807) is 22.7 Å². The minimum Gasteiger partial charge on any atom is -0.508 e. The number of anilines is 1. The molecule has 2 aromatic heterocycles. The summed E-state index contributed by atoms with van der Waals surface area (Å²) in [6.45, 7) is 2.67. The predicted octanol–water partition coefficient (Wildman–Crippen LogP) is 3.26. The summed E-state index contributed by atoms with van der Waals surface area (Å²) in [6, 6.07) is 8.80. The van der Waals surface area contributed by atoms with Gasteiger partial charge in [-0.3, -0.25) is 0 Å². The van der Waals surface area contributed by atoms with Crippen LogP contribution in [0.3, 0.4) is 0 Å². The summed E-state index contributed by atoms with van der Waals surface area (Å²) in [7, 11) is 0. The van der Waals surface area contributed by atoms with E-state index >= 15 is 0 Å². The molecule has 0 spiro atoms. The van der Waals surface area contributed by atoms with Crippen LogP contribution in [-0.2, 0) is 13.0 Å². The smallest absolute Gasteiger partial charge is 0.162 e. The fourth-order valence-electron chi connectivity index (χ4n) is 2.16. The molecule has 0 aliphatic heterocycles. The van der Waals surface area contributed by atoms with Gasteiger partial charge in [-0.25, -0.2) is 4.98 Å². The molecule has 0 atom stereocenters. The van der Waals surface area contributed by atoms with Crippen molar-refractivity contribution in [2.24, 2.45) is 0 Å². The van der Waals surface area contributed by atoms with E-state index in [0.29, 0.717) is 11.7 Å². The first-order chi connectivity index (χ1) is 10.2. The van der Waals surface area contributed by atoms with Gasteiger partial charge in [0.25, 0.3) is 0 Å². The SMILES string of the molecule is CCc1cnn2c(NCc3ccc(O)cc3)cc(Cl)nc12. The highest BCUT2D eigenvalue weighted by atomic mass is 35.5. The van der Waals surface area contributed by atoms with E-state index in [4.69, 9.17) is 11.6 Å². The van der Waals surface area contributed by atoms with Crippen molar-refractivity contribution in [1.29, 1.82) is 0 Å². The molecule has 0 aliphatic rings. The number of aryl methyl sites for hydroxylation is 1. The number of aromatic hydroxyl groups is 1. The first kappa shape index (κ1) is 13.7. The third-order valence-electron chi connectivity index (χ3n) is 3.30. The van der Waals surface area contributed by atoms with Gasteiger partial charge in [0.2, 0.25) is 0 Å². The van der Waals surface area contributed by atoms with E-state index in [2.05, 4.69) is 22.3 Å². The first-order valence-corrected chi connectivity index (χ1v) is 7.10. The van der Waals surface area contributed by atoms with Gasteiger partial charge in [0.05, 0.1) is 6.20 Å². The molecule has 0 aliphatic carbocycles. The normalized spacial score (nSPS) is 11.0. The van der Waals surface area contributed by atoms with Crippen LogP contribution >= 0.6 is 11.6 Å². The van der Waals surface area contributed by atoms with Crippen LogP contribution in [0.25, 0.3) is 5.65 Å². The van der Waals surface area contributed by atoms with Gasteiger partial charge in [0, 0.05) is 18.2 Å². The van der Waals surface area contributed by atoms with Crippen molar-refractivity contribution in [2.75, 3.05) is 5.32 Å². The van der Waals surface area contributed by atoms with Gasteiger partial charge < -0.3 is 10.4 Å². The number of nitrogens with zero attached hydrogens (tertiary/aromatic N) is 3. The Kier molecular flexibility index (Phi) is 3.66. The number of aromatic nitrogens is 3. The molecule has 3 aromatic rings. The fourth-order valence-corrected chi connectivity index (χ4v) is 2.34. The molecule has 0 unspecified atom stereocenters. The van der Waals surface area contributed by atoms with Gasteiger partial charge >= 0.3 is 0 Å². The molecule has 0 fully saturated rings. The number of nitrogens with one attached hydrogen (secondary N) is 1. The van der Waals surface area contributed by atoms with E-state index in [0.717, 1.165) is 29.0 Å². The van der Waals surface area contributed by atoms with E-state index in [1.807, 2.05) is 18.3 Å². The highest BCUT2D eigenvalue weighted by Gasteiger charge is 2.09. The fraction of sp³-hybridized carbons (Fsp3) is 0.200. The summed E-state index contributed by atoms with van der Waals surface area (Å²) in [5.41, 5.74) is 2.89.